The van der Waals surface area contributed by atoms with Crippen LogP contribution in [0, 0.1) is 22.7 Å². The molecule has 4 aromatic carbocycles. The second-order valence-corrected chi connectivity index (χ2v) is 18.2. The second-order valence-electron chi connectivity index (χ2n) is 17.4. The highest BCUT2D eigenvalue weighted by molar-refractivity contribution is 6.32. The molecule has 8 rings (SSSR count). The smallest absolute Gasteiger partial charge is 0.320 e. The Labute approximate surface area is 425 Å². The number of hydrogen-bond acceptors (Lipinski definition) is 14. The summed E-state index contributed by atoms with van der Waals surface area (Å²) in [7, 11) is 0. The summed E-state index contributed by atoms with van der Waals surface area (Å²) in [5.74, 6) is -0.673. The van der Waals surface area contributed by atoms with Gasteiger partial charge in [-0.15, -0.1) is 0 Å². The normalized spacial score (nSPS) is 15.4. The molecular formula is C54H50Cl2N6O10. The van der Waals surface area contributed by atoms with Crippen LogP contribution in [0.15, 0.2) is 97.6 Å². The number of carboxylic acids is 2. The van der Waals surface area contributed by atoms with Gasteiger partial charge >= 0.3 is 11.9 Å². The Bertz CT molecular complexity index is 2850. The van der Waals surface area contributed by atoms with Gasteiger partial charge in [0.1, 0.15) is 72.6 Å². The fraction of sp³-hybridized carbons (Fsp3) is 0.296. The average molecular weight is 1010 g/mol. The third-order valence-electron chi connectivity index (χ3n) is 12.6. The summed E-state index contributed by atoms with van der Waals surface area (Å²) < 4.78 is 25.9. The van der Waals surface area contributed by atoms with E-state index in [1.54, 1.807) is 48.8 Å². The quantitative estimate of drug-likeness (QED) is 0.0353. The minimum absolute atomic E-state index is 0.00452. The van der Waals surface area contributed by atoms with Crippen molar-refractivity contribution in [3.63, 3.8) is 0 Å². The number of aliphatic hydroxyl groups excluding tert-OH is 2. The van der Waals surface area contributed by atoms with E-state index in [0.29, 0.717) is 79.3 Å². The van der Waals surface area contributed by atoms with E-state index in [2.05, 4.69) is 57.0 Å². The minimum atomic E-state index is -1.10. The van der Waals surface area contributed by atoms with E-state index in [1.165, 1.54) is 12.4 Å². The number of ether oxygens (including phenoxy) is 4. The zero-order valence-corrected chi connectivity index (χ0v) is 40.3. The van der Waals surface area contributed by atoms with Gasteiger partial charge in [0, 0.05) is 85.5 Å². The van der Waals surface area contributed by atoms with Crippen LogP contribution in [0.1, 0.15) is 93.5 Å². The lowest BCUT2D eigenvalue weighted by Crippen LogP contribution is -2.37. The summed E-state index contributed by atoms with van der Waals surface area (Å²) >= 11 is 13.8. The first-order valence-corrected chi connectivity index (χ1v) is 24.0. The molecule has 0 fully saturated rings. The largest absolute Gasteiger partial charge is 0.488 e. The molecule has 18 heteroatoms. The number of aliphatic hydroxyl groups is 2. The van der Waals surface area contributed by atoms with Crippen molar-refractivity contribution >= 4 is 35.1 Å². The lowest BCUT2D eigenvalue weighted by atomic mass is 9.91. The average Bonchev–Trinajstić information content (AvgIpc) is 4.00. The third kappa shape index (κ3) is 12.1. The van der Waals surface area contributed by atoms with Crippen LogP contribution in [0.25, 0.3) is 11.1 Å². The van der Waals surface area contributed by atoms with Crippen molar-refractivity contribution in [1.82, 2.24) is 20.6 Å². The van der Waals surface area contributed by atoms with E-state index < -0.39 is 24.0 Å². The predicted molar refractivity (Wildman–Crippen MR) is 265 cm³/mol. The van der Waals surface area contributed by atoms with E-state index in [4.69, 9.17) is 42.1 Å². The zero-order valence-electron chi connectivity index (χ0n) is 38.8. The maximum atomic E-state index is 11.9. The Morgan fingerprint density at radius 1 is 0.639 bits per heavy atom. The number of hydrogen-bond donors (Lipinski definition) is 6. The van der Waals surface area contributed by atoms with Gasteiger partial charge in [0.2, 0.25) is 0 Å². The first-order valence-electron chi connectivity index (χ1n) is 23.3. The molecule has 0 bridgehead atoms. The van der Waals surface area contributed by atoms with E-state index in [9.17, 15) is 40.5 Å². The number of nitriles is 2. The monoisotopic (exact) mass is 1010 g/mol. The molecule has 0 unspecified atom stereocenters. The lowest BCUT2D eigenvalue weighted by Gasteiger charge is -2.21. The van der Waals surface area contributed by atoms with Gasteiger partial charge in [-0.25, -0.2) is 0 Å². The molecule has 16 nitrogen and oxygen atoms in total. The molecule has 0 saturated heterocycles. The van der Waals surface area contributed by atoms with Crippen LogP contribution in [0.5, 0.6) is 23.0 Å². The van der Waals surface area contributed by atoms with Gasteiger partial charge in [0.25, 0.3) is 0 Å². The topological polar surface area (TPSA) is 249 Å². The molecule has 0 radical (unpaired) electrons. The third-order valence-corrected chi connectivity index (χ3v) is 13.2. The number of nitrogens with zero attached hydrogens (tertiary/aromatic N) is 4. The van der Waals surface area contributed by atoms with Crippen LogP contribution in [-0.2, 0) is 48.7 Å². The van der Waals surface area contributed by atoms with Gasteiger partial charge in [-0.2, -0.15) is 10.5 Å². The van der Waals surface area contributed by atoms with E-state index in [0.717, 1.165) is 46.2 Å². The van der Waals surface area contributed by atoms with Crippen LogP contribution in [0.3, 0.4) is 0 Å². The second kappa shape index (κ2) is 23.8. The number of pyridine rings is 2. The molecule has 0 spiro atoms. The molecule has 2 aromatic heterocycles. The maximum absolute atomic E-state index is 11.9. The van der Waals surface area contributed by atoms with Crippen LogP contribution >= 0.6 is 23.2 Å². The summed E-state index contributed by atoms with van der Waals surface area (Å²) in [6.07, 6.45) is 8.21. The minimum Gasteiger partial charge on any atom is -0.488 e. The van der Waals surface area contributed by atoms with Gasteiger partial charge in [-0.3, -0.25) is 19.6 Å². The lowest BCUT2D eigenvalue weighted by molar-refractivity contribution is -0.140. The molecule has 72 heavy (non-hydrogen) atoms. The Morgan fingerprint density at radius 2 is 1.07 bits per heavy atom. The van der Waals surface area contributed by atoms with Gasteiger partial charge in [-0.1, -0.05) is 59.6 Å². The molecule has 6 N–H and O–H groups in total. The Balaban J connectivity index is 1.03. The van der Waals surface area contributed by atoms with Crippen molar-refractivity contribution < 1.29 is 49.0 Å². The summed E-state index contributed by atoms with van der Waals surface area (Å²) in [5, 5.41) is 63.6. The molecule has 2 aliphatic rings. The van der Waals surface area contributed by atoms with Crippen LogP contribution < -0.4 is 29.6 Å². The predicted octanol–water partition coefficient (Wildman–Crippen LogP) is 8.33. The van der Waals surface area contributed by atoms with Gasteiger partial charge in [0.05, 0.1) is 21.2 Å². The fourth-order valence-corrected chi connectivity index (χ4v) is 9.56. The number of benzene rings is 4. The van der Waals surface area contributed by atoms with Crippen molar-refractivity contribution in [3.8, 4) is 46.3 Å². The maximum Gasteiger partial charge on any atom is 0.320 e. The summed E-state index contributed by atoms with van der Waals surface area (Å²) in [6, 6.07) is 24.6. The number of fused-ring (bicyclic) bond motifs is 2. The first-order chi connectivity index (χ1) is 35.0. The molecule has 4 atom stereocenters. The first kappa shape index (κ1) is 51.1. The number of carbonyl (C=O) groups is 2. The van der Waals surface area contributed by atoms with E-state index in [-0.39, 0.29) is 64.6 Å². The number of halogens is 2. The molecule has 2 aliphatic carbocycles. The molecule has 6 aromatic rings. The fourth-order valence-electron chi connectivity index (χ4n) is 9.09. The molecule has 0 saturated carbocycles. The highest BCUT2D eigenvalue weighted by Crippen LogP contribution is 2.47. The molecular weight excluding hydrogens is 964 g/mol. The molecule has 370 valence electrons. The number of carboxylic acid groups (broad SMARTS) is 2. The Kier molecular flexibility index (Phi) is 16.9. The van der Waals surface area contributed by atoms with Crippen molar-refractivity contribution in [2.75, 3.05) is 13.2 Å². The van der Waals surface area contributed by atoms with E-state index in [1.807, 2.05) is 12.1 Å². The highest BCUT2D eigenvalue weighted by Gasteiger charge is 2.32. The van der Waals surface area contributed by atoms with Crippen molar-refractivity contribution in [1.29, 1.82) is 10.5 Å². The zero-order chi connectivity index (χ0) is 50.7. The summed E-state index contributed by atoms with van der Waals surface area (Å²) in [5.41, 5.74) is 9.69. The number of nitrogens with one attached hydrogen (secondary N) is 2. The number of aliphatic carboxylic acids is 2. The van der Waals surface area contributed by atoms with Crippen LogP contribution in [-0.4, -0.2) is 67.6 Å². The van der Waals surface area contributed by atoms with Crippen molar-refractivity contribution in [2.24, 2.45) is 0 Å². The van der Waals surface area contributed by atoms with Crippen molar-refractivity contribution in [3.05, 3.63) is 163 Å². The van der Waals surface area contributed by atoms with Crippen molar-refractivity contribution in [2.45, 2.75) is 89.1 Å². The highest BCUT2D eigenvalue weighted by atomic mass is 35.5. The SMILES string of the molecule is N#Cc1cncc(COc2cc(O[C@H]3CCc4c(-c5cccc6c5CC[C@@H]6Oc5cc(OCc6cncc(C#N)c6)c(CN[C@@H](CCO)C(=O)O)cc5Cl)cccc43)c(Cl)cc2CN[C@@H](CCO)C(=O)O)c1. The van der Waals surface area contributed by atoms with Gasteiger partial charge < -0.3 is 50.0 Å². The summed E-state index contributed by atoms with van der Waals surface area (Å²) in [4.78, 5) is 32.0. The van der Waals surface area contributed by atoms with Gasteiger partial charge in [-0.05, 0) is 96.2 Å². The standard InChI is InChI=1S/C54H50Cl2N6O10/c55-43-17-35(27-61-45(11-13-63)53(65)66)49(69-29-33-15-31(21-57)23-59-25-33)19-51(43)71-47-9-7-39-37(3-1-5-41(39)47)38-4-2-6-42-40(38)8-10-48(42)72-52-20-50(70-30-34-16-32(22-58)24-60-26-34)36(18-44(52)56)28-62-46(12-14-64)54(67)68/h1-6,15-20,23-26,45-48,61-64H,7-14,27-30H2,(H,65,66)(H,67,68)/t45-,46-,47-,48-/m0/s1. The molecule has 0 amide bonds. The Hall–Kier alpha value is -7.28. The number of rotatable bonds is 23. The molecule has 0 aliphatic heterocycles. The molecule has 2 heterocycles. The van der Waals surface area contributed by atoms with Crippen LogP contribution in [0.4, 0.5) is 0 Å². The van der Waals surface area contributed by atoms with E-state index >= 15 is 0 Å². The summed E-state index contributed by atoms with van der Waals surface area (Å²) in [6.45, 7) is -0.361. The van der Waals surface area contributed by atoms with Crippen LogP contribution in [0.2, 0.25) is 10.0 Å². The number of aromatic nitrogens is 2. The Morgan fingerprint density at radius 3 is 1.46 bits per heavy atom. The van der Waals surface area contributed by atoms with Gasteiger partial charge in [0.15, 0.2) is 0 Å².